The summed E-state index contributed by atoms with van der Waals surface area (Å²) in [6.07, 6.45) is -8.79. The minimum Gasteiger partial charge on any atom is -0.459 e. The Morgan fingerprint density at radius 1 is 0.983 bits per heavy atom. The molecule has 0 radical (unpaired) electrons. The van der Waals surface area contributed by atoms with Crippen LogP contribution in [0.5, 0.6) is 0 Å². The Bertz CT molecular complexity index is 1340. The van der Waals surface area contributed by atoms with E-state index in [2.05, 4.69) is 5.32 Å². The zero-order chi connectivity index (χ0) is 45.5. The number of aliphatic hydroxyl groups is 4. The zero-order valence-corrected chi connectivity index (χ0v) is 39.1. The summed E-state index contributed by atoms with van der Waals surface area (Å²) in [6, 6.07) is -0.895. The van der Waals surface area contributed by atoms with E-state index in [1.165, 1.54) is 14.0 Å². The number of likely N-dealkylation sites (N-methyl/N-ethyl adjacent to an activating group) is 2. The fraction of sp³-hybridized carbons (Fsp3) is 0.953. The summed E-state index contributed by atoms with van der Waals surface area (Å²) in [6.45, 7) is 18.7. The number of carbonyl (C=O) groups excluding carboxylic acids is 2. The largest absolute Gasteiger partial charge is 0.459 e. The second-order valence-corrected chi connectivity index (χ2v) is 18.8. The van der Waals surface area contributed by atoms with Crippen molar-refractivity contribution in [2.24, 2.45) is 17.8 Å². The number of methoxy groups -OCH3 is 2. The molecule has 0 saturated carbocycles. The van der Waals surface area contributed by atoms with Crippen molar-refractivity contribution in [3.05, 3.63) is 0 Å². The van der Waals surface area contributed by atoms with Crippen LogP contribution in [0.25, 0.3) is 0 Å². The van der Waals surface area contributed by atoms with Crippen molar-refractivity contribution >= 4 is 12.1 Å². The number of alkyl carbamates (subject to hydrolysis) is 1. The second kappa shape index (κ2) is 22.2. The third-order valence-corrected chi connectivity index (χ3v) is 13.2. The van der Waals surface area contributed by atoms with Gasteiger partial charge in [-0.05, 0) is 101 Å². The lowest BCUT2D eigenvalue weighted by atomic mass is 9.77. The maximum Gasteiger partial charge on any atom is 0.407 e. The molecule has 3 heterocycles. The van der Waals surface area contributed by atoms with Gasteiger partial charge >= 0.3 is 12.1 Å². The Hall–Kier alpha value is -1.74. The number of hydrogen-bond acceptors (Lipinski definition) is 16. The molecule has 0 bridgehead atoms. The first kappa shape index (κ1) is 52.6. The number of hydrogen-bond donors (Lipinski definition) is 5. The van der Waals surface area contributed by atoms with Crippen molar-refractivity contribution < 1.29 is 67.9 Å². The van der Waals surface area contributed by atoms with Crippen LogP contribution in [-0.2, 0) is 42.7 Å². The van der Waals surface area contributed by atoms with Gasteiger partial charge < -0.3 is 68.5 Å². The van der Waals surface area contributed by atoms with Crippen LogP contribution in [0.4, 0.5) is 4.79 Å². The first-order valence-electron chi connectivity index (χ1n) is 21.8. The summed E-state index contributed by atoms with van der Waals surface area (Å²) >= 11 is 0. The molecular weight excluding hydrogens is 782 g/mol. The van der Waals surface area contributed by atoms with Crippen molar-refractivity contribution in [2.75, 3.05) is 55.1 Å². The van der Waals surface area contributed by atoms with E-state index < -0.39 is 102 Å². The molecule has 0 aromatic heterocycles. The van der Waals surface area contributed by atoms with Gasteiger partial charge in [0.25, 0.3) is 0 Å². The molecule has 0 spiro atoms. The molecule has 3 aliphatic heterocycles. The van der Waals surface area contributed by atoms with Crippen LogP contribution in [0.3, 0.4) is 0 Å². The number of rotatable bonds is 12. The topological polar surface area (TPSA) is 207 Å². The van der Waals surface area contributed by atoms with Crippen LogP contribution < -0.4 is 5.32 Å². The van der Waals surface area contributed by atoms with E-state index in [1.54, 1.807) is 41.7 Å². The van der Waals surface area contributed by atoms with Gasteiger partial charge in [-0.3, -0.25) is 9.69 Å². The number of ether oxygens (including phenoxy) is 8. The molecule has 0 unspecified atom stereocenters. The molecule has 60 heavy (non-hydrogen) atoms. The van der Waals surface area contributed by atoms with Crippen LogP contribution in [0.1, 0.15) is 101 Å². The van der Waals surface area contributed by atoms with Gasteiger partial charge in [0, 0.05) is 58.3 Å². The van der Waals surface area contributed by atoms with Crippen LogP contribution in [-0.4, -0.2) is 188 Å². The summed E-state index contributed by atoms with van der Waals surface area (Å²) < 4.78 is 49.1. The van der Waals surface area contributed by atoms with Gasteiger partial charge in [0.1, 0.15) is 23.9 Å². The van der Waals surface area contributed by atoms with E-state index in [9.17, 15) is 30.0 Å². The Kier molecular flexibility index (Phi) is 19.5. The molecule has 3 saturated heterocycles. The monoisotopic (exact) mass is 864 g/mol. The number of nitrogens with zero attached hydrogens (tertiary/aromatic N) is 2. The van der Waals surface area contributed by atoms with Crippen molar-refractivity contribution in [3.63, 3.8) is 0 Å². The van der Waals surface area contributed by atoms with Gasteiger partial charge in [0.05, 0.1) is 41.5 Å². The Labute approximate surface area is 359 Å². The van der Waals surface area contributed by atoms with Crippen LogP contribution >= 0.6 is 0 Å². The number of aliphatic hydroxyl groups excluding tert-OH is 2. The summed E-state index contributed by atoms with van der Waals surface area (Å²) in [5.41, 5.74) is -4.54. The highest BCUT2D eigenvalue weighted by molar-refractivity contribution is 5.73. The van der Waals surface area contributed by atoms with E-state index >= 15 is 0 Å². The molecule has 17 nitrogen and oxygen atoms in total. The molecule has 17 heteroatoms. The van der Waals surface area contributed by atoms with E-state index in [4.69, 9.17) is 37.9 Å². The summed E-state index contributed by atoms with van der Waals surface area (Å²) in [4.78, 5) is 31.7. The molecule has 18 atom stereocenters. The Morgan fingerprint density at radius 2 is 1.63 bits per heavy atom. The molecule has 3 fully saturated rings. The lowest BCUT2D eigenvalue weighted by molar-refractivity contribution is -0.318. The Balaban J connectivity index is 2.18. The van der Waals surface area contributed by atoms with Gasteiger partial charge in [0.15, 0.2) is 18.7 Å². The van der Waals surface area contributed by atoms with Gasteiger partial charge in [-0.2, -0.15) is 0 Å². The maximum absolute atomic E-state index is 14.6. The third kappa shape index (κ3) is 12.9. The number of amides is 1. The maximum atomic E-state index is 14.6. The molecule has 5 N–H and O–H groups in total. The van der Waals surface area contributed by atoms with Crippen molar-refractivity contribution in [3.8, 4) is 0 Å². The normalized spacial score (nSPS) is 44.4. The number of nitrogens with one attached hydrogen (secondary N) is 1. The van der Waals surface area contributed by atoms with Gasteiger partial charge in [-0.25, -0.2) is 4.79 Å². The van der Waals surface area contributed by atoms with Gasteiger partial charge in [-0.1, -0.05) is 20.8 Å². The molecule has 0 aliphatic carbocycles. The molecule has 1 amide bonds. The summed E-state index contributed by atoms with van der Waals surface area (Å²) in [7, 11) is 8.68. The average molecular weight is 864 g/mol. The first-order chi connectivity index (χ1) is 27.8. The van der Waals surface area contributed by atoms with E-state index in [0.29, 0.717) is 26.0 Å². The highest BCUT2D eigenvalue weighted by atomic mass is 16.7. The summed E-state index contributed by atoms with van der Waals surface area (Å²) in [5.74, 6) is -2.79. The fourth-order valence-electron chi connectivity index (χ4n) is 9.50. The highest BCUT2D eigenvalue weighted by Crippen LogP contribution is 2.40. The highest BCUT2D eigenvalue weighted by Gasteiger charge is 2.53. The predicted octanol–water partition coefficient (Wildman–Crippen LogP) is 2.67. The van der Waals surface area contributed by atoms with Crippen LogP contribution in [0.2, 0.25) is 0 Å². The van der Waals surface area contributed by atoms with Crippen molar-refractivity contribution in [1.82, 2.24) is 15.1 Å². The Morgan fingerprint density at radius 3 is 2.22 bits per heavy atom. The van der Waals surface area contributed by atoms with Crippen LogP contribution in [0.15, 0.2) is 0 Å². The first-order valence-corrected chi connectivity index (χ1v) is 21.8. The second-order valence-electron chi connectivity index (χ2n) is 18.8. The third-order valence-electron chi connectivity index (χ3n) is 13.2. The van der Waals surface area contributed by atoms with Crippen molar-refractivity contribution in [1.29, 1.82) is 0 Å². The minimum atomic E-state index is -1.88. The average Bonchev–Trinajstić information content (AvgIpc) is 3.16. The standard InChI is InChI=1S/C43H81N3O14/c1-16-31-43(10,52)37(60-40(50)44-18-17-19-53-14)28(6)46(13)23-24(2)21-41(8,51)36(59-39-33(47)30(45(11)12)20-25(3)55-39)26(4)34(27(5)38(49)57-31)58-32-22-42(9,54-15)35(48)29(7)56-32/h24-37,39,47-48,51-52H,16-23H2,1-15H3,(H,44,50)/t24-,25-,26+,27-,28+,29+,30+,31+,32+,33-,34+,35+,36-,37-,39+,41-,42-,43-/m1/s1. The summed E-state index contributed by atoms with van der Waals surface area (Å²) in [5, 5.41) is 50.5. The molecule has 3 aliphatic rings. The predicted molar refractivity (Wildman–Crippen MR) is 223 cm³/mol. The fourth-order valence-corrected chi connectivity index (χ4v) is 9.50. The minimum absolute atomic E-state index is 0.106. The molecule has 0 aromatic carbocycles. The smallest absolute Gasteiger partial charge is 0.407 e. The van der Waals surface area contributed by atoms with Crippen molar-refractivity contribution in [2.45, 2.75) is 192 Å². The van der Waals surface area contributed by atoms with Gasteiger partial charge in [-0.15, -0.1) is 0 Å². The number of carbonyl (C=O) groups is 2. The molecular formula is C43H81N3O14. The number of esters is 1. The van der Waals surface area contributed by atoms with E-state index in [-0.39, 0.29) is 43.9 Å². The van der Waals surface area contributed by atoms with E-state index in [1.807, 2.05) is 58.6 Å². The molecule has 0 aromatic rings. The van der Waals surface area contributed by atoms with Gasteiger partial charge in [0.2, 0.25) is 0 Å². The lowest BCUT2D eigenvalue weighted by Gasteiger charge is -2.48. The van der Waals surface area contributed by atoms with E-state index in [0.717, 1.165) is 0 Å². The zero-order valence-electron chi connectivity index (χ0n) is 39.1. The lowest BCUT2D eigenvalue weighted by Crippen LogP contribution is -2.61. The quantitative estimate of drug-likeness (QED) is 0.141. The number of cyclic esters (lactones) is 1. The SMILES string of the molecule is CC[C@@H]1OC(=O)[C@H](C)[C@@H](O[C@H]2C[C@@](C)(OC)[C@@H](O)[C@H](C)O2)[C@H](C)[C@@H](O[C@@H]2O[C@H](C)C[C@H](N(C)C)[C@H]2O)[C@](C)(O)C[C@@H](C)CN(C)[C@@H](C)[C@@H](OC(=O)NCCCOC)[C@]1(C)O. The van der Waals surface area contributed by atoms with Crippen LogP contribution in [0, 0.1) is 17.8 Å². The molecule has 352 valence electrons. The molecule has 3 rings (SSSR count).